The fraction of sp³-hybridized carbons (Fsp3) is 0.758. The minimum Gasteiger partial charge on any atom is -0.493 e. The van der Waals surface area contributed by atoms with E-state index in [1.807, 2.05) is 0 Å². The Labute approximate surface area is 305 Å². The van der Waals surface area contributed by atoms with Gasteiger partial charge < -0.3 is 73.1 Å². The van der Waals surface area contributed by atoms with Gasteiger partial charge in [0.25, 0.3) is 5.69 Å². The molecule has 1 amide bonds. The van der Waals surface area contributed by atoms with E-state index in [0.717, 1.165) is 12.8 Å². The Balaban J connectivity index is 1.28. The number of nitrogens with zero attached hydrogens (tertiary/aromatic N) is 1. The molecule has 3 heterocycles. The summed E-state index contributed by atoms with van der Waals surface area (Å²) in [5.74, 6) is -1.09. The number of aliphatic hydroxyl groups excluding tert-OH is 4. The highest BCUT2D eigenvalue weighted by Gasteiger charge is 2.52. The van der Waals surface area contributed by atoms with Gasteiger partial charge in [0.15, 0.2) is 30.2 Å². The number of esters is 1. The third-order valence-electron chi connectivity index (χ3n) is 8.94. The van der Waals surface area contributed by atoms with Crippen molar-refractivity contribution in [2.24, 2.45) is 0 Å². The molecule has 1 aromatic carbocycles. The van der Waals surface area contributed by atoms with Gasteiger partial charge in [-0.25, -0.2) is 4.79 Å². The molecule has 1 aromatic rings. The van der Waals surface area contributed by atoms with Crippen molar-refractivity contribution >= 4 is 17.6 Å². The molecule has 3 fully saturated rings. The second kappa shape index (κ2) is 20.4. The lowest BCUT2D eigenvalue weighted by molar-refractivity contribution is -0.386. The van der Waals surface area contributed by atoms with Gasteiger partial charge in [0.2, 0.25) is 5.91 Å². The number of amides is 1. The monoisotopic (exact) mass is 762 g/mol. The van der Waals surface area contributed by atoms with E-state index in [1.165, 1.54) is 33.3 Å². The van der Waals surface area contributed by atoms with Gasteiger partial charge in [-0.1, -0.05) is 0 Å². The van der Waals surface area contributed by atoms with Crippen LogP contribution in [0.4, 0.5) is 5.69 Å². The third-order valence-corrected chi connectivity index (χ3v) is 8.94. The van der Waals surface area contributed by atoms with Gasteiger partial charge in [-0.3, -0.25) is 14.9 Å². The number of hydrogen-bond acceptors (Lipinski definition) is 18. The molecule has 3 saturated heterocycles. The summed E-state index contributed by atoms with van der Waals surface area (Å²) in [6, 6.07) is 1.76. The van der Waals surface area contributed by atoms with Crippen LogP contribution < -0.4 is 14.8 Å². The van der Waals surface area contributed by atoms with Gasteiger partial charge in [0.05, 0.1) is 62.2 Å². The third kappa shape index (κ3) is 11.1. The summed E-state index contributed by atoms with van der Waals surface area (Å²) in [5.41, 5.74) is 0.0821. The minimum absolute atomic E-state index is 0.00399. The summed E-state index contributed by atoms with van der Waals surface area (Å²) < 4.78 is 55.4. The van der Waals surface area contributed by atoms with Crippen molar-refractivity contribution in [2.75, 3.05) is 53.9 Å². The summed E-state index contributed by atoms with van der Waals surface area (Å²) in [6.45, 7) is 2.34. The smallest absolute Gasteiger partial charge is 0.338 e. The maximum atomic E-state index is 13.1. The van der Waals surface area contributed by atoms with E-state index < -0.39 is 90.9 Å². The molecule has 53 heavy (non-hydrogen) atoms. The maximum absolute atomic E-state index is 13.1. The van der Waals surface area contributed by atoms with Gasteiger partial charge in [-0.15, -0.1) is 0 Å². The minimum atomic E-state index is -1.76. The van der Waals surface area contributed by atoms with Gasteiger partial charge in [0, 0.05) is 20.6 Å². The predicted molar refractivity (Wildman–Crippen MR) is 177 cm³/mol. The molecule has 20 nitrogen and oxygen atoms in total. The summed E-state index contributed by atoms with van der Waals surface area (Å²) in [4.78, 5) is 36.2. The van der Waals surface area contributed by atoms with Crippen molar-refractivity contribution < 1.29 is 82.3 Å². The molecule has 0 aromatic heterocycles. The second-order valence-corrected chi connectivity index (χ2v) is 12.6. The molecule has 3 aliphatic heterocycles. The van der Waals surface area contributed by atoms with E-state index in [-0.39, 0.29) is 50.2 Å². The van der Waals surface area contributed by atoms with Crippen molar-refractivity contribution in [3.63, 3.8) is 0 Å². The molecular weight excluding hydrogens is 712 g/mol. The highest BCUT2D eigenvalue weighted by Crippen LogP contribution is 2.36. The Morgan fingerprint density at radius 3 is 2.40 bits per heavy atom. The first-order chi connectivity index (χ1) is 25.4. The largest absolute Gasteiger partial charge is 0.493 e. The quantitative estimate of drug-likeness (QED) is 0.0524. The Hall–Kier alpha value is -3.28. The Morgan fingerprint density at radius 2 is 1.75 bits per heavy atom. The number of aliphatic hydroxyl groups is 4. The number of nitro groups is 1. The standard InChI is InChI=1S/C33H50N2O18/c1-17-25(34-18(2)37)29(26(38)23(15-36)51-17)52-33-28(40)27(39)30(45-4)31(53-33)32(41)49-12-10-46-9-11-47-22-14-20(35(42)43)19(13-21(22)44-3)16-50-24-7-5-6-8-48-24/h13-14,17,23-31,33,36,38-40H,5-12,15-16H2,1-4H3,(H,34,37). The molecule has 0 bridgehead atoms. The van der Waals surface area contributed by atoms with Crippen molar-refractivity contribution in [3.05, 3.63) is 27.8 Å². The lowest BCUT2D eigenvalue weighted by Gasteiger charge is -2.47. The first-order valence-electron chi connectivity index (χ1n) is 17.3. The molecule has 5 N–H and O–H groups in total. The predicted octanol–water partition coefficient (Wildman–Crippen LogP) is -0.923. The number of carbonyl (C=O) groups is 2. The number of nitrogens with one attached hydrogen (secondary N) is 1. The summed E-state index contributed by atoms with van der Waals surface area (Å²) in [5, 5.41) is 56.5. The highest BCUT2D eigenvalue weighted by atomic mass is 16.7. The Kier molecular flexibility index (Phi) is 16.4. The van der Waals surface area contributed by atoms with Crippen LogP contribution in [0.1, 0.15) is 38.7 Å². The Morgan fingerprint density at radius 1 is 1.00 bits per heavy atom. The second-order valence-electron chi connectivity index (χ2n) is 12.6. The first-order valence-corrected chi connectivity index (χ1v) is 17.3. The molecule has 0 saturated carbocycles. The average Bonchev–Trinajstić information content (AvgIpc) is 3.14. The molecule has 4 rings (SSSR count). The summed E-state index contributed by atoms with van der Waals surface area (Å²) in [7, 11) is 2.59. The summed E-state index contributed by atoms with van der Waals surface area (Å²) in [6.07, 6.45) is -10.6. The van der Waals surface area contributed by atoms with Crippen LogP contribution in [0.25, 0.3) is 0 Å². The van der Waals surface area contributed by atoms with E-state index >= 15 is 0 Å². The van der Waals surface area contributed by atoms with E-state index in [1.54, 1.807) is 6.92 Å². The van der Waals surface area contributed by atoms with Crippen molar-refractivity contribution in [3.8, 4) is 11.5 Å². The number of nitro benzene ring substituents is 1. The number of rotatable bonds is 18. The maximum Gasteiger partial charge on any atom is 0.338 e. The van der Waals surface area contributed by atoms with E-state index in [9.17, 15) is 40.1 Å². The molecule has 300 valence electrons. The molecule has 3 aliphatic rings. The zero-order valence-electron chi connectivity index (χ0n) is 30.0. The molecule has 0 radical (unpaired) electrons. The molecule has 20 heteroatoms. The Bertz CT molecular complexity index is 1350. The number of hydrogen-bond donors (Lipinski definition) is 5. The van der Waals surface area contributed by atoms with Crippen molar-refractivity contribution in [2.45, 2.75) is 107 Å². The van der Waals surface area contributed by atoms with Crippen molar-refractivity contribution in [1.82, 2.24) is 5.32 Å². The van der Waals surface area contributed by atoms with Gasteiger partial charge in [-0.05, 0) is 32.3 Å². The molecule has 11 atom stereocenters. The zero-order valence-corrected chi connectivity index (χ0v) is 30.0. The number of benzene rings is 1. The number of ether oxygens (including phenoxy) is 10. The average molecular weight is 763 g/mol. The van der Waals surface area contributed by atoms with Crippen LogP contribution in [0, 0.1) is 10.1 Å². The van der Waals surface area contributed by atoms with Crippen LogP contribution in [0.3, 0.4) is 0 Å². The molecule has 0 aliphatic carbocycles. The van der Waals surface area contributed by atoms with E-state index in [0.29, 0.717) is 18.6 Å². The lowest BCUT2D eigenvalue weighted by Crippen LogP contribution is -2.67. The van der Waals surface area contributed by atoms with E-state index in [2.05, 4.69) is 5.32 Å². The van der Waals surface area contributed by atoms with Crippen LogP contribution >= 0.6 is 0 Å². The van der Waals surface area contributed by atoms with Crippen molar-refractivity contribution in [1.29, 1.82) is 0 Å². The fourth-order valence-electron chi connectivity index (χ4n) is 6.21. The highest BCUT2D eigenvalue weighted by molar-refractivity contribution is 5.76. The molecular formula is C33H50N2O18. The van der Waals surface area contributed by atoms with Crippen LogP contribution in [-0.2, 0) is 54.1 Å². The first kappa shape index (κ1) is 42.5. The van der Waals surface area contributed by atoms with Gasteiger partial charge in [-0.2, -0.15) is 0 Å². The molecule has 11 unspecified atom stereocenters. The molecule has 0 spiro atoms. The van der Waals surface area contributed by atoms with E-state index in [4.69, 9.17) is 47.4 Å². The zero-order chi connectivity index (χ0) is 38.7. The summed E-state index contributed by atoms with van der Waals surface area (Å²) >= 11 is 0. The van der Waals surface area contributed by atoms with Gasteiger partial charge in [0.1, 0.15) is 49.8 Å². The van der Waals surface area contributed by atoms with Crippen LogP contribution in [0.5, 0.6) is 11.5 Å². The van der Waals surface area contributed by atoms with Crippen LogP contribution in [0.2, 0.25) is 0 Å². The lowest BCUT2D eigenvalue weighted by atomic mass is 9.92. The number of carbonyl (C=O) groups excluding carboxylic acids is 2. The SMILES string of the molecule is COc1cc(COC2CCCCO2)c([N+](=O)[O-])cc1OCCOCCOC(=O)C1OC(OC2C(O)C(CO)OC(C)C2NC(C)=O)C(O)C(O)C1OC. The number of methoxy groups -OCH3 is 2. The van der Waals surface area contributed by atoms with Gasteiger partial charge >= 0.3 is 5.97 Å². The topological polar surface area (TPSA) is 263 Å². The van der Waals surface area contributed by atoms with Crippen LogP contribution in [-0.4, -0.2) is 159 Å². The fourth-order valence-corrected chi connectivity index (χ4v) is 6.21. The van der Waals surface area contributed by atoms with Crippen LogP contribution in [0.15, 0.2) is 12.1 Å². The normalized spacial score (nSPS) is 31.7.